The van der Waals surface area contributed by atoms with E-state index in [2.05, 4.69) is 42.6 Å². The molecule has 0 bridgehead atoms. The molecule has 0 unspecified atom stereocenters. The molecule has 6 nitrogen and oxygen atoms in total. The van der Waals surface area contributed by atoms with E-state index < -0.39 is 0 Å². The van der Waals surface area contributed by atoms with Gasteiger partial charge in [0.2, 0.25) is 5.28 Å². The summed E-state index contributed by atoms with van der Waals surface area (Å²) < 4.78 is 10.2. The zero-order chi connectivity index (χ0) is 20.1. The molecule has 27 heavy (non-hydrogen) atoms. The number of hydrogen-bond donors (Lipinski definition) is 0. The topological polar surface area (TPSA) is 64.5 Å². The second kappa shape index (κ2) is 9.66. The lowest BCUT2D eigenvalue weighted by molar-refractivity contribution is 0.0393. The summed E-state index contributed by atoms with van der Waals surface area (Å²) in [7, 11) is 1.57. The number of carbonyl (C=O) groups is 1. The normalized spacial score (nSPS) is 11.6. The van der Waals surface area contributed by atoms with Crippen LogP contribution < -0.4 is 4.90 Å². The summed E-state index contributed by atoms with van der Waals surface area (Å²) in [6.45, 7) is 12.9. The lowest BCUT2D eigenvalue weighted by Crippen LogP contribution is -2.32. The van der Waals surface area contributed by atoms with Crippen LogP contribution in [0.1, 0.15) is 42.9 Å². The molecule has 0 saturated heterocycles. The first-order valence-corrected chi connectivity index (χ1v) is 10.3. The Bertz CT molecular complexity index is 782. The fraction of sp³-hybridized carbons (Fsp3) is 0.632. The van der Waals surface area contributed by atoms with Gasteiger partial charge in [0.05, 0.1) is 12.0 Å². The van der Waals surface area contributed by atoms with Crippen LogP contribution in [0.5, 0.6) is 0 Å². The highest BCUT2D eigenvalue weighted by atomic mass is 35.5. The molecule has 2 aromatic rings. The molecule has 0 aromatic carbocycles. The van der Waals surface area contributed by atoms with Crippen molar-refractivity contribution in [3.8, 4) is 0 Å². The van der Waals surface area contributed by atoms with Gasteiger partial charge in [-0.1, -0.05) is 27.7 Å². The third-order valence-electron chi connectivity index (χ3n) is 3.92. The van der Waals surface area contributed by atoms with E-state index >= 15 is 0 Å². The van der Waals surface area contributed by atoms with Crippen molar-refractivity contribution in [1.29, 1.82) is 0 Å². The minimum absolute atomic E-state index is 0.190. The Balaban J connectivity index is 2.51. The SMILES string of the molecule is COCCOC(=O)c1sc2nc(Cl)nc(N(CC(C)C)CC(C)C)c2c1C. The number of esters is 1. The van der Waals surface area contributed by atoms with Crippen molar-refractivity contribution in [2.45, 2.75) is 34.6 Å². The van der Waals surface area contributed by atoms with Gasteiger partial charge in [0.15, 0.2) is 0 Å². The number of carbonyl (C=O) groups excluding carboxylic acids is 1. The van der Waals surface area contributed by atoms with E-state index in [0.29, 0.717) is 28.2 Å². The number of anilines is 1. The van der Waals surface area contributed by atoms with Gasteiger partial charge in [-0.25, -0.2) is 9.78 Å². The predicted molar refractivity (Wildman–Crippen MR) is 111 cm³/mol. The fourth-order valence-electron chi connectivity index (χ4n) is 2.93. The third-order valence-corrected chi connectivity index (χ3v) is 5.26. The van der Waals surface area contributed by atoms with Crippen LogP contribution in [0.2, 0.25) is 5.28 Å². The highest BCUT2D eigenvalue weighted by molar-refractivity contribution is 7.20. The molecule has 150 valence electrons. The number of ether oxygens (including phenoxy) is 2. The molecule has 0 amide bonds. The van der Waals surface area contributed by atoms with Gasteiger partial charge in [-0.2, -0.15) is 4.98 Å². The van der Waals surface area contributed by atoms with Crippen LogP contribution in [-0.2, 0) is 9.47 Å². The Labute approximate surface area is 169 Å². The molecule has 0 fully saturated rings. The maximum absolute atomic E-state index is 12.5. The van der Waals surface area contributed by atoms with E-state index in [1.807, 2.05) is 6.92 Å². The highest BCUT2D eigenvalue weighted by Crippen LogP contribution is 2.37. The van der Waals surface area contributed by atoms with Crippen molar-refractivity contribution in [2.75, 3.05) is 38.3 Å². The lowest BCUT2D eigenvalue weighted by Gasteiger charge is -2.28. The molecule has 0 aliphatic rings. The average molecular weight is 414 g/mol. The Morgan fingerprint density at radius 1 is 1.15 bits per heavy atom. The quantitative estimate of drug-likeness (QED) is 0.340. The number of thiophene rings is 1. The summed E-state index contributed by atoms with van der Waals surface area (Å²) >= 11 is 7.51. The van der Waals surface area contributed by atoms with Crippen molar-refractivity contribution in [1.82, 2.24) is 9.97 Å². The van der Waals surface area contributed by atoms with E-state index in [1.54, 1.807) is 7.11 Å². The van der Waals surface area contributed by atoms with E-state index in [1.165, 1.54) is 11.3 Å². The minimum Gasteiger partial charge on any atom is -0.459 e. The van der Waals surface area contributed by atoms with Gasteiger partial charge in [0.1, 0.15) is 22.1 Å². The van der Waals surface area contributed by atoms with Crippen LogP contribution in [-0.4, -0.2) is 49.4 Å². The molecule has 0 N–H and O–H groups in total. The Kier molecular flexibility index (Phi) is 7.82. The zero-order valence-electron chi connectivity index (χ0n) is 16.8. The summed E-state index contributed by atoms with van der Waals surface area (Å²) in [5.74, 6) is 1.35. The molecule has 0 saturated carbocycles. The second-order valence-corrected chi connectivity index (χ2v) is 8.71. The largest absolute Gasteiger partial charge is 0.459 e. The molecule has 0 spiro atoms. The molecule has 2 heterocycles. The monoisotopic (exact) mass is 413 g/mol. The molecule has 0 aliphatic heterocycles. The number of rotatable bonds is 9. The lowest BCUT2D eigenvalue weighted by atomic mass is 10.1. The number of aromatic nitrogens is 2. The average Bonchev–Trinajstić information content (AvgIpc) is 2.89. The standard InChI is InChI=1S/C19H28ClN3O3S/c1-11(2)9-23(10-12(3)4)16-14-13(5)15(18(24)26-8-7-25-6)27-17(14)22-19(20)21-16/h11-12H,7-10H2,1-6H3. The third kappa shape index (κ3) is 5.53. The second-order valence-electron chi connectivity index (χ2n) is 7.37. The van der Waals surface area contributed by atoms with Gasteiger partial charge in [0, 0.05) is 20.2 Å². The molecular weight excluding hydrogens is 386 g/mol. The van der Waals surface area contributed by atoms with Gasteiger partial charge in [0.25, 0.3) is 0 Å². The number of aryl methyl sites for hydroxylation is 1. The van der Waals surface area contributed by atoms with Gasteiger partial charge in [-0.05, 0) is 35.9 Å². The maximum atomic E-state index is 12.5. The first kappa shape index (κ1) is 21.9. The van der Waals surface area contributed by atoms with Crippen molar-refractivity contribution >= 4 is 44.9 Å². The molecule has 0 radical (unpaired) electrons. The van der Waals surface area contributed by atoms with Gasteiger partial charge in [-0.3, -0.25) is 0 Å². The number of nitrogens with zero attached hydrogens (tertiary/aromatic N) is 3. The van der Waals surface area contributed by atoms with Crippen LogP contribution in [0.4, 0.5) is 5.82 Å². The summed E-state index contributed by atoms with van der Waals surface area (Å²) in [6.07, 6.45) is 0. The van der Waals surface area contributed by atoms with Crippen LogP contribution in [0, 0.1) is 18.8 Å². The highest BCUT2D eigenvalue weighted by Gasteiger charge is 2.24. The fourth-order valence-corrected chi connectivity index (χ4v) is 4.21. The van der Waals surface area contributed by atoms with E-state index in [0.717, 1.165) is 29.9 Å². The van der Waals surface area contributed by atoms with Crippen molar-refractivity contribution in [3.63, 3.8) is 0 Å². The minimum atomic E-state index is -0.367. The predicted octanol–water partition coefficient (Wildman–Crippen LogP) is 4.57. The van der Waals surface area contributed by atoms with Crippen molar-refractivity contribution in [3.05, 3.63) is 15.7 Å². The Morgan fingerprint density at radius 2 is 1.78 bits per heavy atom. The van der Waals surface area contributed by atoms with Crippen molar-refractivity contribution in [2.24, 2.45) is 11.8 Å². The number of methoxy groups -OCH3 is 1. The van der Waals surface area contributed by atoms with Crippen LogP contribution in [0.3, 0.4) is 0 Å². The maximum Gasteiger partial charge on any atom is 0.348 e. The van der Waals surface area contributed by atoms with Crippen LogP contribution in [0.25, 0.3) is 10.2 Å². The number of halogens is 1. The van der Waals surface area contributed by atoms with Gasteiger partial charge in [-0.15, -0.1) is 11.3 Å². The number of fused-ring (bicyclic) bond motifs is 1. The molecule has 0 aliphatic carbocycles. The molecular formula is C19H28ClN3O3S. The van der Waals surface area contributed by atoms with Crippen LogP contribution in [0.15, 0.2) is 0 Å². The van der Waals surface area contributed by atoms with Gasteiger partial charge >= 0.3 is 5.97 Å². The van der Waals surface area contributed by atoms with Gasteiger partial charge < -0.3 is 14.4 Å². The van der Waals surface area contributed by atoms with E-state index in [-0.39, 0.29) is 17.9 Å². The summed E-state index contributed by atoms with van der Waals surface area (Å²) in [4.78, 5) is 24.8. The summed E-state index contributed by atoms with van der Waals surface area (Å²) in [5.41, 5.74) is 0.835. The first-order chi connectivity index (χ1) is 12.7. The van der Waals surface area contributed by atoms with E-state index in [4.69, 9.17) is 21.1 Å². The molecule has 8 heteroatoms. The zero-order valence-corrected chi connectivity index (χ0v) is 18.4. The Morgan fingerprint density at radius 3 is 2.33 bits per heavy atom. The molecule has 2 rings (SSSR count). The first-order valence-electron chi connectivity index (χ1n) is 9.12. The van der Waals surface area contributed by atoms with E-state index in [9.17, 15) is 4.79 Å². The van der Waals surface area contributed by atoms with Crippen molar-refractivity contribution < 1.29 is 14.3 Å². The number of hydrogen-bond acceptors (Lipinski definition) is 7. The smallest absolute Gasteiger partial charge is 0.348 e. The summed E-state index contributed by atoms with van der Waals surface area (Å²) in [6, 6.07) is 0. The molecule has 2 aromatic heterocycles. The Hall–Kier alpha value is -1.44. The molecule has 0 atom stereocenters. The summed E-state index contributed by atoms with van der Waals surface area (Å²) in [5, 5.41) is 1.07. The van der Waals surface area contributed by atoms with Crippen LogP contribution >= 0.6 is 22.9 Å².